The van der Waals surface area contributed by atoms with Crippen LogP contribution in [0.2, 0.25) is 0 Å². The van der Waals surface area contributed by atoms with Crippen molar-refractivity contribution in [3.63, 3.8) is 0 Å². The Balaban J connectivity index is 0.00000392. The van der Waals surface area contributed by atoms with Gasteiger partial charge < -0.3 is 20.1 Å². The van der Waals surface area contributed by atoms with Crippen LogP contribution in [0.1, 0.15) is 31.7 Å². The maximum absolute atomic E-state index is 12.5. The fourth-order valence-corrected chi connectivity index (χ4v) is 3.96. The topological polar surface area (TPSA) is 54.9 Å². The molecular formula is C19H30F2IN3O2S. The minimum Gasteiger partial charge on any atom is -0.493 e. The van der Waals surface area contributed by atoms with Gasteiger partial charge in [-0.25, -0.2) is 0 Å². The number of thioether (sulfide) groups is 1. The summed E-state index contributed by atoms with van der Waals surface area (Å²) in [6.07, 6.45) is 6.32. The maximum atomic E-state index is 12.5. The standard InChI is InChI=1S/C19H29F2N3O2S.HI/c1-4-22-19(24-14-6-7-15(12-14)27-3)23-10-9-13-5-8-16(25-2)17(11-13)26-18(20)21;/h5,8,11,14-15,18H,4,6-7,9-10,12H2,1-3H3,(H2,22,23,24);1H. The van der Waals surface area contributed by atoms with E-state index in [2.05, 4.69) is 26.6 Å². The molecule has 0 amide bonds. The molecule has 2 N–H and O–H groups in total. The van der Waals surface area contributed by atoms with E-state index in [1.165, 1.54) is 13.5 Å². The summed E-state index contributed by atoms with van der Waals surface area (Å²) in [5.41, 5.74) is 0.870. The quantitative estimate of drug-likeness (QED) is 0.284. The molecular weight excluding hydrogens is 499 g/mol. The summed E-state index contributed by atoms with van der Waals surface area (Å²) in [6.45, 7) is 0.496. The van der Waals surface area contributed by atoms with E-state index in [1.807, 2.05) is 24.8 Å². The molecule has 2 unspecified atom stereocenters. The van der Waals surface area contributed by atoms with Crippen molar-refractivity contribution >= 4 is 41.7 Å². The molecule has 28 heavy (non-hydrogen) atoms. The van der Waals surface area contributed by atoms with Crippen LogP contribution in [-0.2, 0) is 6.42 Å². The molecule has 1 aromatic carbocycles. The summed E-state index contributed by atoms with van der Waals surface area (Å²) in [5, 5.41) is 7.50. The van der Waals surface area contributed by atoms with Gasteiger partial charge in [0, 0.05) is 24.4 Å². The van der Waals surface area contributed by atoms with Crippen LogP contribution in [-0.4, -0.2) is 50.3 Å². The molecule has 0 heterocycles. The van der Waals surface area contributed by atoms with E-state index < -0.39 is 6.61 Å². The number of methoxy groups -OCH3 is 1. The molecule has 0 spiro atoms. The van der Waals surface area contributed by atoms with Crippen molar-refractivity contribution in [2.75, 3.05) is 26.5 Å². The normalized spacial score (nSPS) is 19.3. The molecule has 0 radical (unpaired) electrons. The van der Waals surface area contributed by atoms with E-state index in [-0.39, 0.29) is 29.7 Å². The van der Waals surface area contributed by atoms with Gasteiger partial charge in [0.1, 0.15) is 0 Å². The predicted octanol–water partition coefficient (Wildman–Crippen LogP) is 4.30. The Bertz CT molecular complexity index is 623. The lowest BCUT2D eigenvalue weighted by atomic mass is 10.1. The zero-order valence-corrected chi connectivity index (χ0v) is 19.7. The van der Waals surface area contributed by atoms with Crippen LogP contribution in [0.3, 0.4) is 0 Å². The zero-order valence-electron chi connectivity index (χ0n) is 16.5. The lowest BCUT2D eigenvalue weighted by Gasteiger charge is -2.17. The van der Waals surface area contributed by atoms with E-state index >= 15 is 0 Å². The molecule has 1 aliphatic carbocycles. The first-order valence-electron chi connectivity index (χ1n) is 9.25. The highest BCUT2D eigenvalue weighted by Crippen LogP contribution is 2.30. The molecule has 1 aromatic rings. The first-order chi connectivity index (χ1) is 13.0. The van der Waals surface area contributed by atoms with Crippen LogP contribution in [0.25, 0.3) is 0 Å². The summed E-state index contributed by atoms with van der Waals surface area (Å²) < 4.78 is 34.7. The second-order valence-electron chi connectivity index (χ2n) is 6.39. The molecule has 1 fully saturated rings. The van der Waals surface area contributed by atoms with Gasteiger partial charge in [-0.2, -0.15) is 20.5 Å². The third-order valence-corrected chi connectivity index (χ3v) is 5.61. The van der Waals surface area contributed by atoms with Gasteiger partial charge in [0.15, 0.2) is 17.5 Å². The van der Waals surface area contributed by atoms with Gasteiger partial charge >= 0.3 is 6.61 Å². The second-order valence-corrected chi connectivity index (χ2v) is 7.52. The molecule has 2 rings (SSSR count). The number of nitrogens with one attached hydrogen (secondary N) is 2. The van der Waals surface area contributed by atoms with E-state index in [0.29, 0.717) is 24.8 Å². The molecule has 0 aromatic heterocycles. The van der Waals surface area contributed by atoms with Gasteiger partial charge in [-0.05, 0) is 56.6 Å². The van der Waals surface area contributed by atoms with Crippen LogP contribution in [0.15, 0.2) is 23.2 Å². The smallest absolute Gasteiger partial charge is 0.387 e. The molecule has 5 nitrogen and oxygen atoms in total. The number of halogens is 3. The van der Waals surface area contributed by atoms with Crippen molar-refractivity contribution in [1.29, 1.82) is 0 Å². The third kappa shape index (κ3) is 8.18. The Morgan fingerprint density at radius 3 is 2.71 bits per heavy atom. The zero-order chi connectivity index (χ0) is 19.6. The van der Waals surface area contributed by atoms with Gasteiger partial charge in [-0.1, -0.05) is 6.07 Å². The van der Waals surface area contributed by atoms with Crippen LogP contribution in [0, 0.1) is 0 Å². The maximum Gasteiger partial charge on any atom is 0.387 e. The third-order valence-electron chi connectivity index (χ3n) is 4.52. The molecule has 0 aliphatic heterocycles. The Morgan fingerprint density at radius 2 is 2.11 bits per heavy atom. The SMILES string of the molecule is CCNC(=NCCc1ccc(OC)c(OC(F)F)c1)NC1CCC(SC)C1.I. The first-order valence-corrected chi connectivity index (χ1v) is 10.5. The number of alkyl halides is 2. The number of benzene rings is 1. The van der Waals surface area contributed by atoms with Gasteiger partial charge in [0.05, 0.1) is 7.11 Å². The van der Waals surface area contributed by atoms with E-state index in [4.69, 9.17) is 4.74 Å². The Hall–Kier alpha value is -0.970. The number of guanidine groups is 1. The number of hydrogen-bond acceptors (Lipinski definition) is 4. The largest absolute Gasteiger partial charge is 0.493 e. The molecule has 160 valence electrons. The van der Waals surface area contributed by atoms with Crippen LogP contribution < -0.4 is 20.1 Å². The Morgan fingerprint density at radius 1 is 1.32 bits per heavy atom. The van der Waals surface area contributed by atoms with Gasteiger partial charge in [0.2, 0.25) is 0 Å². The summed E-state index contributed by atoms with van der Waals surface area (Å²) in [7, 11) is 1.43. The van der Waals surface area contributed by atoms with Crippen molar-refractivity contribution in [3.8, 4) is 11.5 Å². The van der Waals surface area contributed by atoms with E-state index in [9.17, 15) is 8.78 Å². The predicted molar refractivity (Wildman–Crippen MR) is 123 cm³/mol. The average Bonchev–Trinajstić information content (AvgIpc) is 3.09. The van der Waals surface area contributed by atoms with Crippen LogP contribution >= 0.6 is 35.7 Å². The number of aliphatic imine (C=N–C) groups is 1. The summed E-state index contributed by atoms with van der Waals surface area (Å²) in [5.74, 6) is 1.15. The second kappa shape index (κ2) is 13.3. The summed E-state index contributed by atoms with van der Waals surface area (Å²) >= 11 is 1.92. The highest BCUT2D eigenvalue weighted by atomic mass is 127. The van der Waals surface area contributed by atoms with Gasteiger partial charge in [-0.3, -0.25) is 4.99 Å². The lowest BCUT2D eigenvalue weighted by Crippen LogP contribution is -2.42. The monoisotopic (exact) mass is 529 g/mol. The fourth-order valence-electron chi connectivity index (χ4n) is 3.16. The van der Waals surface area contributed by atoms with Gasteiger partial charge in [-0.15, -0.1) is 24.0 Å². The Kier molecular flexibility index (Phi) is 11.9. The van der Waals surface area contributed by atoms with Crippen molar-refractivity contribution in [2.45, 2.75) is 50.5 Å². The van der Waals surface area contributed by atoms with E-state index in [0.717, 1.165) is 36.2 Å². The molecule has 9 heteroatoms. The highest BCUT2D eigenvalue weighted by molar-refractivity contribution is 14.0. The first kappa shape index (κ1) is 25.1. The minimum atomic E-state index is -2.88. The number of rotatable bonds is 9. The number of nitrogens with zero attached hydrogens (tertiary/aromatic N) is 1. The average molecular weight is 529 g/mol. The summed E-state index contributed by atoms with van der Waals surface area (Å²) in [4.78, 5) is 4.62. The minimum absolute atomic E-state index is 0. The van der Waals surface area contributed by atoms with Crippen molar-refractivity contribution in [3.05, 3.63) is 23.8 Å². The highest BCUT2D eigenvalue weighted by Gasteiger charge is 2.24. The van der Waals surface area contributed by atoms with Gasteiger partial charge in [0.25, 0.3) is 0 Å². The number of ether oxygens (including phenoxy) is 2. The summed E-state index contributed by atoms with van der Waals surface area (Å²) in [6, 6.07) is 5.52. The van der Waals surface area contributed by atoms with Crippen molar-refractivity contribution < 1.29 is 18.3 Å². The Labute approximate surface area is 187 Å². The number of hydrogen-bond donors (Lipinski definition) is 2. The molecule has 1 aliphatic rings. The van der Waals surface area contributed by atoms with Crippen molar-refractivity contribution in [2.24, 2.45) is 4.99 Å². The lowest BCUT2D eigenvalue weighted by molar-refractivity contribution is -0.0512. The van der Waals surface area contributed by atoms with Crippen LogP contribution in [0.4, 0.5) is 8.78 Å². The molecule has 1 saturated carbocycles. The van der Waals surface area contributed by atoms with Crippen molar-refractivity contribution in [1.82, 2.24) is 10.6 Å². The molecule has 0 saturated heterocycles. The van der Waals surface area contributed by atoms with Crippen LogP contribution in [0.5, 0.6) is 11.5 Å². The fraction of sp³-hybridized carbons (Fsp3) is 0.632. The molecule has 2 atom stereocenters. The molecule has 0 bridgehead atoms. The van der Waals surface area contributed by atoms with E-state index in [1.54, 1.807) is 12.1 Å².